The highest BCUT2D eigenvalue weighted by molar-refractivity contribution is 5.94. The summed E-state index contributed by atoms with van der Waals surface area (Å²) >= 11 is 0. The number of primary amides is 1. The molecular weight excluding hydrogens is 373 g/mol. The number of nitrogens with one attached hydrogen (secondary N) is 1. The molecule has 1 aliphatic rings. The zero-order chi connectivity index (χ0) is 20.4. The number of hydrogen-bond donors (Lipinski definition) is 2. The topological polar surface area (TPSA) is 93.4 Å². The normalized spacial score (nSPS) is 15.0. The molecule has 0 radical (unpaired) electrons. The second-order valence-corrected chi connectivity index (χ2v) is 7.10. The molecule has 0 bridgehead atoms. The predicted octanol–water partition coefficient (Wildman–Crippen LogP) is 3.39. The van der Waals surface area contributed by atoms with E-state index in [1.807, 2.05) is 6.07 Å². The summed E-state index contributed by atoms with van der Waals surface area (Å²) in [6.45, 7) is 4.63. The van der Waals surface area contributed by atoms with Crippen molar-refractivity contribution in [2.75, 3.05) is 25.0 Å². The SMILES string of the molecule is Cc1nc(N[C@H](CN2CCC2)c2ccc(F)cc2)c2cccc(OC(N)=O)c2n1. The lowest BCUT2D eigenvalue weighted by Gasteiger charge is -2.35. The van der Waals surface area contributed by atoms with Gasteiger partial charge in [0, 0.05) is 11.9 Å². The van der Waals surface area contributed by atoms with Crippen LogP contribution in [0.25, 0.3) is 10.9 Å². The standard InChI is InChI=1S/C21H22FN5O2/c1-13-24-19-16(4-2-5-18(19)29-21(23)28)20(25-13)26-17(12-27-10-3-11-27)14-6-8-15(22)9-7-14/h2,4-9,17H,3,10-12H2,1H3,(H2,23,28)(H,24,25,26)/t17-/m1/s1. The summed E-state index contributed by atoms with van der Waals surface area (Å²) in [7, 11) is 0. The Bertz CT molecular complexity index is 1040. The fourth-order valence-electron chi connectivity index (χ4n) is 3.46. The van der Waals surface area contributed by atoms with Crippen molar-refractivity contribution in [2.24, 2.45) is 5.73 Å². The number of nitrogens with zero attached hydrogens (tertiary/aromatic N) is 3. The number of amides is 1. The Morgan fingerprint density at radius 3 is 2.66 bits per heavy atom. The third kappa shape index (κ3) is 4.27. The fraction of sp³-hybridized carbons (Fsp3) is 0.286. The lowest BCUT2D eigenvalue weighted by molar-refractivity contribution is 0.174. The molecule has 2 aromatic carbocycles. The third-order valence-electron chi connectivity index (χ3n) is 4.98. The first-order valence-corrected chi connectivity index (χ1v) is 9.48. The lowest BCUT2D eigenvalue weighted by atomic mass is 10.0. The quantitative estimate of drug-likeness (QED) is 0.665. The number of hydrogen-bond acceptors (Lipinski definition) is 6. The van der Waals surface area contributed by atoms with Gasteiger partial charge in [0.15, 0.2) is 5.75 Å². The number of para-hydroxylation sites is 1. The number of nitrogens with two attached hydrogens (primary N) is 1. The van der Waals surface area contributed by atoms with Crippen LogP contribution in [-0.4, -0.2) is 40.6 Å². The fourth-order valence-corrected chi connectivity index (χ4v) is 3.46. The molecule has 1 aromatic heterocycles. The number of anilines is 1. The third-order valence-corrected chi connectivity index (χ3v) is 4.98. The number of carbonyl (C=O) groups is 1. The van der Waals surface area contributed by atoms with Gasteiger partial charge in [0.05, 0.1) is 6.04 Å². The smallest absolute Gasteiger partial charge is 0.408 e. The Morgan fingerprint density at radius 1 is 1.24 bits per heavy atom. The van der Waals surface area contributed by atoms with E-state index >= 15 is 0 Å². The molecule has 2 heterocycles. The molecule has 3 aromatic rings. The van der Waals surface area contributed by atoms with Gasteiger partial charge in [-0.05, 0) is 56.3 Å². The lowest BCUT2D eigenvalue weighted by Crippen LogP contribution is -2.41. The van der Waals surface area contributed by atoms with Crippen LogP contribution in [-0.2, 0) is 0 Å². The summed E-state index contributed by atoms with van der Waals surface area (Å²) < 4.78 is 18.5. The summed E-state index contributed by atoms with van der Waals surface area (Å²) in [5.74, 6) is 1.16. The highest BCUT2D eigenvalue weighted by Crippen LogP contribution is 2.31. The van der Waals surface area contributed by atoms with Crippen molar-refractivity contribution >= 4 is 22.8 Å². The molecule has 1 atom stereocenters. The molecule has 8 heteroatoms. The minimum Gasteiger partial charge on any atom is -0.408 e. The predicted molar refractivity (Wildman–Crippen MR) is 108 cm³/mol. The van der Waals surface area contributed by atoms with Crippen molar-refractivity contribution in [1.29, 1.82) is 0 Å². The van der Waals surface area contributed by atoms with Crippen LogP contribution in [0.1, 0.15) is 23.9 Å². The van der Waals surface area contributed by atoms with Crippen LogP contribution in [0, 0.1) is 12.7 Å². The molecule has 1 aliphatic heterocycles. The van der Waals surface area contributed by atoms with Gasteiger partial charge in [-0.2, -0.15) is 0 Å². The maximum absolute atomic E-state index is 13.4. The van der Waals surface area contributed by atoms with E-state index in [4.69, 9.17) is 10.5 Å². The van der Waals surface area contributed by atoms with E-state index in [0.717, 1.165) is 25.2 Å². The molecule has 1 fully saturated rings. The van der Waals surface area contributed by atoms with Crippen molar-refractivity contribution in [3.63, 3.8) is 0 Å². The first kappa shape index (κ1) is 19.1. The molecule has 0 spiro atoms. The summed E-state index contributed by atoms with van der Waals surface area (Å²) in [6.07, 6.45) is 0.282. The molecule has 0 aliphatic carbocycles. The van der Waals surface area contributed by atoms with Gasteiger partial charge in [0.25, 0.3) is 0 Å². The van der Waals surface area contributed by atoms with Crippen molar-refractivity contribution in [3.8, 4) is 5.75 Å². The Balaban J connectivity index is 1.72. The van der Waals surface area contributed by atoms with E-state index < -0.39 is 6.09 Å². The van der Waals surface area contributed by atoms with E-state index in [0.29, 0.717) is 22.5 Å². The van der Waals surface area contributed by atoms with Gasteiger partial charge < -0.3 is 20.7 Å². The number of likely N-dealkylation sites (tertiary alicyclic amines) is 1. The molecule has 150 valence electrons. The van der Waals surface area contributed by atoms with Crippen molar-refractivity contribution in [1.82, 2.24) is 14.9 Å². The summed E-state index contributed by atoms with van der Waals surface area (Å²) in [6, 6.07) is 11.7. The number of carbonyl (C=O) groups excluding carboxylic acids is 1. The van der Waals surface area contributed by atoms with E-state index in [1.54, 1.807) is 31.2 Å². The number of aromatic nitrogens is 2. The molecule has 4 rings (SSSR count). The number of rotatable bonds is 6. The monoisotopic (exact) mass is 395 g/mol. The summed E-state index contributed by atoms with van der Waals surface area (Å²) in [5.41, 5.74) is 6.65. The Hall–Kier alpha value is -3.26. The highest BCUT2D eigenvalue weighted by atomic mass is 19.1. The second-order valence-electron chi connectivity index (χ2n) is 7.10. The van der Waals surface area contributed by atoms with E-state index in [2.05, 4.69) is 20.2 Å². The molecular formula is C21H22FN5O2. The van der Waals surface area contributed by atoms with Crippen LogP contribution < -0.4 is 15.8 Å². The summed E-state index contributed by atoms with van der Waals surface area (Å²) in [5, 5.41) is 4.20. The summed E-state index contributed by atoms with van der Waals surface area (Å²) in [4.78, 5) is 22.6. The van der Waals surface area contributed by atoms with Gasteiger partial charge in [-0.1, -0.05) is 18.2 Å². The second kappa shape index (κ2) is 8.00. The highest BCUT2D eigenvalue weighted by Gasteiger charge is 2.22. The van der Waals surface area contributed by atoms with Gasteiger partial charge in [-0.25, -0.2) is 19.2 Å². The Kier molecular flexibility index (Phi) is 5.26. The molecule has 1 saturated heterocycles. The van der Waals surface area contributed by atoms with Crippen LogP contribution in [0.4, 0.5) is 15.0 Å². The maximum atomic E-state index is 13.4. The van der Waals surface area contributed by atoms with Crippen molar-refractivity contribution in [2.45, 2.75) is 19.4 Å². The maximum Gasteiger partial charge on any atom is 0.410 e. The van der Waals surface area contributed by atoms with Crippen LogP contribution >= 0.6 is 0 Å². The van der Waals surface area contributed by atoms with Crippen LogP contribution in [0.5, 0.6) is 5.75 Å². The average Bonchev–Trinajstić information content (AvgIpc) is 2.64. The van der Waals surface area contributed by atoms with Gasteiger partial charge in [-0.3, -0.25) is 0 Å². The average molecular weight is 395 g/mol. The van der Waals surface area contributed by atoms with Gasteiger partial charge in [0.1, 0.15) is 23.0 Å². The van der Waals surface area contributed by atoms with Crippen LogP contribution in [0.15, 0.2) is 42.5 Å². The van der Waals surface area contributed by atoms with Crippen LogP contribution in [0.3, 0.4) is 0 Å². The Labute approximate surface area is 167 Å². The minimum atomic E-state index is -0.898. The zero-order valence-electron chi connectivity index (χ0n) is 16.1. The van der Waals surface area contributed by atoms with Gasteiger partial charge >= 0.3 is 6.09 Å². The zero-order valence-corrected chi connectivity index (χ0v) is 16.1. The number of fused-ring (bicyclic) bond motifs is 1. The minimum absolute atomic E-state index is 0.0888. The number of aryl methyl sites for hydroxylation is 1. The van der Waals surface area contributed by atoms with E-state index in [1.165, 1.54) is 18.6 Å². The molecule has 7 nitrogen and oxygen atoms in total. The first-order chi connectivity index (χ1) is 14.0. The van der Waals surface area contributed by atoms with E-state index in [-0.39, 0.29) is 17.6 Å². The van der Waals surface area contributed by atoms with Gasteiger partial charge in [0.2, 0.25) is 0 Å². The molecule has 29 heavy (non-hydrogen) atoms. The number of benzene rings is 2. The van der Waals surface area contributed by atoms with E-state index in [9.17, 15) is 9.18 Å². The first-order valence-electron chi connectivity index (χ1n) is 9.48. The molecule has 0 unspecified atom stereocenters. The molecule has 1 amide bonds. The van der Waals surface area contributed by atoms with Gasteiger partial charge in [-0.15, -0.1) is 0 Å². The number of halogens is 1. The number of ether oxygens (including phenoxy) is 1. The van der Waals surface area contributed by atoms with Crippen LogP contribution in [0.2, 0.25) is 0 Å². The molecule has 3 N–H and O–H groups in total. The largest absolute Gasteiger partial charge is 0.410 e. The molecule has 0 saturated carbocycles. The Morgan fingerprint density at radius 2 is 2.00 bits per heavy atom. The van der Waals surface area contributed by atoms with Crippen molar-refractivity contribution < 1.29 is 13.9 Å². The van der Waals surface area contributed by atoms with Crippen molar-refractivity contribution in [3.05, 3.63) is 59.7 Å².